The molecule has 1 aromatic carbocycles. The van der Waals surface area contributed by atoms with Crippen molar-refractivity contribution in [2.75, 3.05) is 17.8 Å². The third-order valence-corrected chi connectivity index (χ3v) is 4.40. The molecule has 1 aromatic rings. The van der Waals surface area contributed by atoms with Crippen LogP contribution < -0.4 is 10.0 Å². The van der Waals surface area contributed by atoms with Gasteiger partial charge < -0.3 is 5.32 Å². The molecule has 17 heavy (non-hydrogen) atoms. The summed E-state index contributed by atoms with van der Waals surface area (Å²) in [5, 5.41) is 2.88. The van der Waals surface area contributed by atoms with Crippen molar-refractivity contribution in [3.63, 3.8) is 0 Å². The van der Waals surface area contributed by atoms with Gasteiger partial charge in [-0.3, -0.25) is 4.72 Å². The number of benzene rings is 1. The second kappa shape index (κ2) is 6.23. The third-order valence-electron chi connectivity index (χ3n) is 2.34. The second-order valence-electron chi connectivity index (χ2n) is 3.75. The Bertz CT molecular complexity index is 462. The monoisotopic (exact) mass is 276 g/mol. The molecule has 0 aliphatic heterocycles. The van der Waals surface area contributed by atoms with E-state index < -0.39 is 15.3 Å². The Morgan fingerprint density at radius 2 is 2.00 bits per heavy atom. The highest BCUT2D eigenvalue weighted by Gasteiger charge is 2.20. The minimum atomic E-state index is -3.41. The van der Waals surface area contributed by atoms with Crippen LogP contribution in [0.2, 0.25) is 5.02 Å². The highest BCUT2D eigenvalue weighted by Crippen LogP contribution is 2.22. The van der Waals surface area contributed by atoms with Crippen LogP contribution >= 0.6 is 11.6 Å². The molecule has 0 radical (unpaired) electrons. The zero-order valence-electron chi connectivity index (χ0n) is 9.90. The van der Waals surface area contributed by atoms with E-state index in [1.807, 2.05) is 6.92 Å². The highest BCUT2D eigenvalue weighted by atomic mass is 35.5. The molecule has 0 aliphatic carbocycles. The maximum Gasteiger partial charge on any atom is 0.236 e. The van der Waals surface area contributed by atoms with Gasteiger partial charge in [-0.2, -0.15) is 0 Å². The van der Waals surface area contributed by atoms with E-state index in [0.29, 0.717) is 17.3 Å². The topological polar surface area (TPSA) is 58.2 Å². The summed E-state index contributed by atoms with van der Waals surface area (Å²) in [7, 11) is -3.41. The van der Waals surface area contributed by atoms with Crippen LogP contribution in [0, 0.1) is 0 Å². The average molecular weight is 277 g/mol. The fourth-order valence-corrected chi connectivity index (χ4v) is 2.52. The van der Waals surface area contributed by atoms with Crippen LogP contribution in [0.1, 0.15) is 13.8 Å². The van der Waals surface area contributed by atoms with Crippen LogP contribution in [0.15, 0.2) is 24.3 Å². The quantitative estimate of drug-likeness (QED) is 0.836. The fourth-order valence-electron chi connectivity index (χ4n) is 1.26. The predicted octanol–water partition coefficient (Wildman–Crippen LogP) is 2.08. The summed E-state index contributed by atoms with van der Waals surface area (Å²) >= 11 is 5.90. The maximum absolute atomic E-state index is 11.9. The third kappa shape index (κ3) is 4.18. The predicted molar refractivity (Wildman–Crippen MR) is 72.0 cm³/mol. The number of nitrogens with one attached hydrogen (secondary N) is 2. The van der Waals surface area contributed by atoms with Gasteiger partial charge in [0.1, 0.15) is 0 Å². The summed E-state index contributed by atoms with van der Waals surface area (Å²) in [5.74, 6) is 0. The fraction of sp³-hybridized carbons (Fsp3) is 0.455. The number of hydrogen-bond donors (Lipinski definition) is 2. The van der Waals surface area contributed by atoms with E-state index in [-0.39, 0.29) is 0 Å². The van der Waals surface area contributed by atoms with Gasteiger partial charge in [-0.25, -0.2) is 8.42 Å². The van der Waals surface area contributed by atoms with Crippen molar-refractivity contribution in [3.05, 3.63) is 29.3 Å². The van der Waals surface area contributed by atoms with Crippen molar-refractivity contribution in [2.45, 2.75) is 19.1 Å². The van der Waals surface area contributed by atoms with E-state index in [4.69, 9.17) is 11.6 Å². The lowest BCUT2D eigenvalue weighted by Gasteiger charge is -2.15. The Hall–Kier alpha value is -0.780. The lowest BCUT2D eigenvalue weighted by atomic mass is 10.3. The summed E-state index contributed by atoms with van der Waals surface area (Å²) in [6, 6.07) is 6.77. The van der Waals surface area contributed by atoms with Gasteiger partial charge in [-0.15, -0.1) is 0 Å². The van der Waals surface area contributed by atoms with E-state index in [9.17, 15) is 8.42 Å². The van der Waals surface area contributed by atoms with Crippen molar-refractivity contribution in [1.82, 2.24) is 5.32 Å². The lowest BCUT2D eigenvalue weighted by Crippen LogP contribution is -2.34. The number of halogens is 1. The first-order valence-electron chi connectivity index (χ1n) is 5.44. The van der Waals surface area contributed by atoms with Crippen LogP contribution in [-0.2, 0) is 10.0 Å². The Morgan fingerprint density at radius 1 is 1.35 bits per heavy atom. The molecule has 0 aromatic heterocycles. The molecule has 2 N–H and O–H groups in total. The Kier molecular flexibility index (Phi) is 5.24. The minimum Gasteiger partial charge on any atom is -0.316 e. The van der Waals surface area contributed by atoms with Crippen LogP contribution in [0.3, 0.4) is 0 Å². The Labute approximate surface area is 107 Å². The summed E-state index contributed by atoms with van der Waals surface area (Å²) in [6.07, 6.45) is 0. The van der Waals surface area contributed by atoms with Gasteiger partial charge >= 0.3 is 0 Å². The molecule has 0 spiro atoms. The van der Waals surface area contributed by atoms with E-state index in [1.165, 1.54) is 0 Å². The van der Waals surface area contributed by atoms with Crippen LogP contribution in [0.5, 0.6) is 0 Å². The lowest BCUT2D eigenvalue weighted by molar-refractivity contribution is 0.579. The van der Waals surface area contributed by atoms with Crippen molar-refractivity contribution < 1.29 is 8.42 Å². The number of hydrogen-bond acceptors (Lipinski definition) is 3. The van der Waals surface area contributed by atoms with Gasteiger partial charge in [-0.1, -0.05) is 30.7 Å². The van der Waals surface area contributed by atoms with Crippen molar-refractivity contribution in [1.29, 1.82) is 0 Å². The van der Waals surface area contributed by atoms with Crippen LogP contribution in [0.25, 0.3) is 0 Å². The van der Waals surface area contributed by atoms with Gasteiger partial charge in [-0.05, 0) is 25.6 Å². The van der Waals surface area contributed by atoms with Gasteiger partial charge in [0, 0.05) is 6.54 Å². The summed E-state index contributed by atoms with van der Waals surface area (Å²) in [6.45, 7) is 4.74. The van der Waals surface area contributed by atoms with Crippen molar-refractivity contribution in [2.24, 2.45) is 0 Å². The van der Waals surface area contributed by atoms with Gasteiger partial charge in [0.2, 0.25) is 10.0 Å². The molecule has 0 bridgehead atoms. The zero-order chi connectivity index (χ0) is 12.9. The summed E-state index contributed by atoms with van der Waals surface area (Å²) in [5.41, 5.74) is 0.414. The van der Waals surface area contributed by atoms with E-state index >= 15 is 0 Å². The smallest absolute Gasteiger partial charge is 0.236 e. The molecule has 0 fully saturated rings. The Balaban J connectivity index is 2.76. The largest absolute Gasteiger partial charge is 0.316 e. The average Bonchev–Trinajstić information content (AvgIpc) is 2.28. The van der Waals surface area contributed by atoms with E-state index in [2.05, 4.69) is 10.0 Å². The van der Waals surface area contributed by atoms with Gasteiger partial charge in [0.15, 0.2) is 0 Å². The molecule has 0 aliphatic rings. The molecule has 6 heteroatoms. The highest BCUT2D eigenvalue weighted by molar-refractivity contribution is 7.93. The van der Waals surface area contributed by atoms with E-state index in [1.54, 1.807) is 31.2 Å². The number of sulfonamides is 1. The first-order chi connectivity index (χ1) is 7.97. The molecular weight excluding hydrogens is 260 g/mol. The molecule has 4 nitrogen and oxygen atoms in total. The maximum atomic E-state index is 11.9. The summed E-state index contributed by atoms with van der Waals surface area (Å²) < 4.78 is 26.4. The molecular formula is C11H17ClN2O2S. The van der Waals surface area contributed by atoms with Crippen LogP contribution in [0.4, 0.5) is 5.69 Å². The number of para-hydroxylation sites is 1. The van der Waals surface area contributed by atoms with Gasteiger partial charge in [0.05, 0.1) is 16.0 Å². The molecule has 1 unspecified atom stereocenters. The standard InChI is InChI=1S/C11H17ClN2O2S/c1-3-13-8-9(2)17(15,16)14-11-7-5-4-6-10(11)12/h4-7,9,13-14H,3,8H2,1-2H3. The molecule has 0 heterocycles. The molecule has 0 saturated carbocycles. The Morgan fingerprint density at radius 3 is 2.59 bits per heavy atom. The number of rotatable bonds is 6. The first kappa shape index (κ1) is 14.3. The molecule has 1 rings (SSSR count). The zero-order valence-corrected chi connectivity index (χ0v) is 11.5. The van der Waals surface area contributed by atoms with E-state index in [0.717, 1.165) is 6.54 Å². The minimum absolute atomic E-state index is 0.395. The van der Waals surface area contributed by atoms with Crippen molar-refractivity contribution >= 4 is 27.3 Å². The molecule has 0 amide bonds. The molecule has 0 saturated heterocycles. The first-order valence-corrected chi connectivity index (χ1v) is 7.36. The second-order valence-corrected chi connectivity index (χ2v) is 6.25. The molecule has 96 valence electrons. The van der Waals surface area contributed by atoms with Crippen LogP contribution in [-0.4, -0.2) is 26.8 Å². The summed E-state index contributed by atoms with van der Waals surface area (Å²) in [4.78, 5) is 0. The molecule has 1 atom stereocenters. The SMILES string of the molecule is CCNCC(C)S(=O)(=O)Nc1ccccc1Cl. The van der Waals surface area contributed by atoms with Crippen molar-refractivity contribution in [3.8, 4) is 0 Å². The normalized spacial score (nSPS) is 13.4. The number of anilines is 1. The van der Waals surface area contributed by atoms with Gasteiger partial charge in [0.25, 0.3) is 0 Å².